The number of hydrogen-bond acceptors (Lipinski definition) is 5. The Bertz CT molecular complexity index is 816. The highest BCUT2D eigenvalue weighted by atomic mass is 19.1. The van der Waals surface area contributed by atoms with Crippen molar-refractivity contribution in [1.82, 2.24) is 15.2 Å². The van der Waals surface area contributed by atoms with Crippen LogP contribution in [0.1, 0.15) is 30.5 Å². The van der Waals surface area contributed by atoms with Gasteiger partial charge in [-0.25, -0.2) is 13.8 Å². The number of nitrogens with one attached hydrogen (secondary N) is 1. The SMILES string of the molecule is CC1C(NC(=O)c2ncc(Oc3ccc(F)cc3F)o2)C2CCN1CC2. The molecule has 2 atom stereocenters. The minimum Gasteiger partial charge on any atom is -0.422 e. The zero-order chi connectivity index (χ0) is 18.3. The molecule has 3 aliphatic rings. The number of hydrogen-bond donors (Lipinski definition) is 1. The Morgan fingerprint density at radius 3 is 2.81 bits per heavy atom. The molecule has 138 valence electrons. The molecule has 1 N–H and O–H groups in total. The quantitative estimate of drug-likeness (QED) is 0.905. The molecule has 5 rings (SSSR count). The summed E-state index contributed by atoms with van der Waals surface area (Å²) in [6.07, 6.45) is 3.33. The predicted molar refractivity (Wildman–Crippen MR) is 87.9 cm³/mol. The highest BCUT2D eigenvalue weighted by Gasteiger charge is 2.40. The van der Waals surface area contributed by atoms with Crippen molar-refractivity contribution in [3.05, 3.63) is 41.9 Å². The summed E-state index contributed by atoms with van der Waals surface area (Å²) in [4.78, 5) is 18.7. The number of ether oxygens (including phenoxy) is 1. The summed E-state index contributed by atoms with van der Waals surface area (Å²) in [5.41, 5.74) is 0. The first kappa shape index (κ1) is 17.0. The zero-order valence-corrected chi connectivity index (χ0v) is 14.2. The fourth-order valence-electron chi connectivity index (χ4n) is 3.84. The molecule has 0 spiro atoms. The van der Waals surface area contributed by atoms with E-state index in [2.05, 4.69) is 22.1 Å². The van der Waals surface area contributed by atoms with E-state index in [1.807, 2.05) is 0 Å². The number of carbonyl (C=O) groups excluding carboxylic acids is 1. The van der Waals surface area contributed by atoms with Crippen LogP contribution in [0.15, 0.2) is 28.8 Å². The van der Waals surface area contributed by atoms with Crippen LogP contribution < -0.4 is 10.1 Å². The number of amides is 1. The Kier molecular flexibility index (Phi) is 4.36. The summed E-state index contributed by atoms with van der Waals surface area (Å²) < 4.78 is 37.0. The fourth-order valence-corrected chi connectivity index (χ4v) is 3.84. The monoisotopic (exact) mass is 363 g/mol. The Balaban J connectivity index is 1.43. The van der Waals surface area contributed by atoms with Gasteiger partial charge in [-0.15, -0.1) is 0 Å². The predicted octanol–water partition coefficient (Wildman–Crippen LogP) is 2.96. The van der Waals surface area contributed by atoms with Crippen molar-refractivity contribution in [3.8, 4) is 11.7 Å². The van der Waals surface area contributed by atoms with Crippen LogP contribution in [0, 0.1) is 17.6 Å². The molecule has 2 bridgehead atoms. The first-order valence-corrected chi connectivity index (χ1v) is 8.65. The number of nitrogens with zero attached hydrogens (tertiary/aromatic N) is 2. The third-order valence-electron chi connectivity index (χ3n) is 5.26. The maximum Gasteiger partial charge on any atom is 0.311 e. The maximum atomic E-state index is 13.6. The number of oxazole rings is 1. The lowest BCUT2D eigenvalue weighted by atomic mass is 9.79. The summed E-state index contributed by atoms with van der Waals surface area (Å²) in [5, 5.41) is 3.00. The van der Waals surface area contributed by atoms with E-state index in [4.69, 9.17) is 9.15 Å². The summed E-state index contributed by atoms with van der Waals surface area (Å²) in [6.45, 7) is 4.24. The van der Waals surface area contributed by atoms with Crippen molar-refractivity contribution in [2.45, 2.75) is 31.8 Å². The number of benzene rings is 1. The van der Waals surface area contributed by atoms with Crippen LogP contribution in [0.25, 0.3) is 0 Å². The van der Waals surface area contributed by atoms with Gasteiger partial charge in [-0.2, -0.15) is 0 Å². The largest absolute Gasteiger partial charge is 0.422 e. The molecule has 8 heteroatoms. The highest BCUT2D eigenvalue weighted by Crippen LogP contribution is 2.32. The van der Waals surface area contributed by atoms with Crippen LogP contribution in [0.3, 0.4) is 0 Å². The van der Waals surface area contributed by atoms with Crippen LogP contribution in [0.2, 0.25) is 0 Å². The van der Waals surface area contributed by atoms with E-state index >= 15 is 0 Å². The van der Waals surface area contributed by atoms with E-state index in [0.717, 1.165) is 38.1 Å². The molecule has 3 saturated heterocycles. The third-order valence-corrected chi connectivity index (χ3v) is 5.26. The molecule has 2 unspecified atom stereocenters. The topological polar surface area (TPSA) is 67.6 Å². The van der Waals surface area contributed by atoms with Gasteiger partial charge in [-0.05, 0) is 50.9 Å². The lowest BCUT2D eigenvalue weighted by molar-refractivity contribution is 0.0209. The van der Waals surface area contributed by atoms with Gasteiger partial charge in [0.2, 0.25) is 0 Å². The normalized spacial score (nSPS) is 27.3. The van der Waals surface area contributed by atoms with E-state index in [0.29, 0.717) is 12.0 Å². The lowest BCUT2D eigenvalue weighted by Crippen LogP contribution is -2.62. The van der Waals surface area contributed by atoms with Crippen molar-refractivity contribution < 1.29 is 22.7 Å². The van der Waals surface area contributed by atoms with Crippen LogP contribution in [-0.4, -0.2) is 41.0 Å². The lowest BCUT2D eigenvalue weighted by Gasteiger charge is -2.49. The van der Waals surface area contributed by atoms with Gasteiger partial charge in [0, 0.05) is 18.2 Å². The second-order valence-corrected chi connectivity index (χ2v) is 6.77. The molecular weight excluding hydrogens is 344 g/mol. The summed E-state index contributed by atoms with van der Waals surface area (Å²) in [7, 11) is 0. The van der Waals surface area contributed by atoms with Crippen molar-refractivity contribution in [2.75, 3.05) is 13.1 Å². The molecule has 1 aromatic heterocycles. The first-order valence-electron chi connectivity index (χ1n) is 8.65. The number of rotatable bonds is 4. The van der Waals surface area contributed by atoms with Crippen LogP contribution in [0.4, 0.5) is 8.78 Å². The fraction of sp³-hybridized carbons (Fsp3) is 0.444. The Morgan fingerprint density at radius 1 is 1.35 bits per heavy atom. The minimum atomic E-state index is -0.867. The number of halogens is 2. The van der Waals surface area contributed by atoms with Crippen molar-refractivity contribution >= 4 is 5.91 Å². The Hall–Kier alpha value is -2.48. The van der Waals surface area contributed by atoms with Crippen molar-refractivity contribution in [3.63, 3.8) is 0 Å². The molecule has 0 radical (unpaired) electrons. The second kappa shape index (κ2) is 6.68. The van der Waals surface area contributed by atoms with Gasteiger partial charge in [0.25, 0.3) is 5.89 Å². The van der Waals surface area contributed by atoms with Gasteiger partial charge >= 0.3 is 11.9 Å². The summed E-state index contributed by atoms with van der Waals surface area (Å²) >= 11 is 0. The second-order valence-electron chi connectivity index (χ2n) is 6.77. The number of fused-ring (bicyclic) bond motifs is 3. The average Bonchev–Trinajstić information content (AvgIpc) is 3.09. The molecular formula is C18H19F2N3O3. The van der Waals surface area contributed by atoms with Crippen molar-refractivity contribution in [2.24, 2.45) is 5.92 Å². The molecule has 1 aromatic carbocycles. The van der Waals surface area contributed by atoms with E-state index in [9.17, 15) is 13.6 Å². The summed E-state index contributed by atoms with van der Waals surface area (Å²) in [6, 6.07) is 3.23. The zero-order valence-electron chi connectivity index (χ0n) is 14.2. The standard InChI is InChI=1S/C18H19F2N3O3/c1-10-16(11-4-6-23(10)7-5-11)22-17(24)18-21-9-15(26-18)25-14-3-2-12(19)8-13(14)20/h2-3,8-11,16H,4-7H2,1H3,(H,22,24). The van der Waals surface area contributed by atoms with Gasteiger partial charge in [0.1, 0.15) is 12.0 Å². The molecule has 0 saturated carbocycles. The molecule has 2 aromatic rings. The minimum absolute atomic E-state index is 0.0517. The van der Waals surface area contributed by atoms with Gasteiger partial charge < -0.3 is 14.5 Å². The van der Waals surface area contributed by atoms with E-state index in [1.165, 1.54) is 6.20 Å². The Morgan fingerprint density at radius 2 is 2.12 bits per heavy atom. The van der Waals surface area contributed by atoms with Crippen molar-refractivity contribution in [1.29, 1.82) is 0 Å². The molecule has 26 heavy (non-hydrogen) atoms. The van der Waals surface area contributed by atoms with E-state index in [1.54, 1.807) is 0 Å². The smallest absolute Gasteiger partial charge is 0.311 e. The first-order chi connectivity index (χ1) is 12.5. The number of carbonyl (C=O) groups is 1. The third kappa shape index (κ3) is 3.16. The van der Waals surface area contributed by atoms with Gasteiger partial charge in [0.15, 0.2) is 11.6 Å². The highest BCUT2D eigenvalue weighted by molar-refractivity contribution is 5.90. The van der Waals surface area contributed by atoms with Gasteiger partial charge in [-0.3, -0.25) is 9.69 Å². The molecule has 6 nitrogen and oxygen atoms in total. The van der Waals surface area contributed by atoms with Crippen LogP contribution >= 0.6 is 0 Å². The molecule has 1 amide bonds. The van der Waals surface area contributed by atoms with Gasteiger partial charge in [0.05, 0.1) is 0 Å². The van der Waals surface area contributed by atoms with E-state index < -0.39 is 17.5 Å². The van der Waals surface area contributed by atoms with Crippen LogP contribution in [0.5, 0.6) is 11.7 Å². The van der Waals surface area contributed by atoms with Crippen LogP contribution in [-0.2, 0) is 0 Å². The molecule has 3 aliphatic heterocycles. The number of aromatic nitrogens is 1. The summed E-state index contributed by atoms with van der Waals surface area (Å²) in [5.74, 6) is -2.04. The maximum absolute atomic E-state index is 13.6. The Labute approximate surface area is 149 Å². The van der Waals surface area contributed by atoms with Gasteiger partial charge in [-0.1, -0.05) is 0 Å². The van der Waals surface area contributed by atoms with E-state index in [-0.39, 0.29) is 29.7 Å². The average molecular weight is 363 g/mol. The molecule has 4 heterocycles. The molecule has 3 fully saturated rings. The molecule has 0 aliphatic carbocycles. The number of piperidine rings is 3.